The van der Waals surface area contributed by atoms with Crippen LogP contribution in [0.2, 0.25) is 0 Å². The number of amides is 2. The van der Waals surface area contributed by atoms with Gasteiger partial charge in [-0.25, -0.2) is 9.59 Å². The summed E-state index contributed by atoms with van der Waals surface area (Å²) in [4.78, 5) is 22.4. The maximum atomic E-state index is 11.6. The fourth-order valence-corrected chi connectivity index (χ4v) is 1.97. The Kier molecular flexibility index (Phi) is 4.18. The summed E-state index contributed by atoms with van der Waals surface area (Å²) in [6.45, 7) is 0.313. The molecule has 1 aliphatic rings. The monoisotopic (exact) mass is 260 g/mol. The number of carbonyl (C=O) groups is 2. The number of nitrogens with one attached hydrogen (secondary N) is 2. The largest absolute Gasteiger partial charge is 0.478 e. The van der Waals surface area contributed by atoms with Crippen LogP contribution in [0.5, 0.6) is 0 Å². The third-order valence-electron chi connectivity index (χ3n) is 2.97. The lowest BCUT2D eigenvalue weighted by Gasteiger charge is -2.13. The van der Waals surface area contributed by atoms with Gasteiger partial charge in [-0.2, -0.15) is 0 Å². The molecule has 0 aliphatic heterocycles. The minimum absolute atomic E-state index is 0.172. The van der Waals surface area contributed by atoms with Crippen LogP contribution in [0, 0.1) is 0 Å². The topological polar surface area (TPSA) is 78.4 Å². The van der Waals surface area contributed by atoms with E-state index in [-0.39, 0.29) is 17.6 Å². The first kappa shape index (κ1) is 13.1. The molecule has 19 heavy (non-hydrogen) atoms. The van der Waals surface area contributed by atoms with Crippen LogP contribution in [0.4, 0.5) is 4.79 Å². The van der Waals surface area contributed by atoms with Crippen molar-refractivity contribution in [1.82, 2.24) is 10.6 Å². The highest BCUT2D eigenvalue weighted by molar-refractivity contribution is 5.87. The molecule has 1 aliphatic carbocycles. The van der Waals surface area contributed by atoms with Crippen molar-refractivity contribution in [2.24, 2.45) is 0 Å². The first-order valence-electron chi connectivity index (χ1n) is 6.17. The van der Waals surface area contributed by atoms with E-state index in [0.29, 0.717) is 6.54 Å². The molecular weight excluding hydrogens is 244 g/mol. The second-order valence-electron chi connectivity index (χ2n) is 4.47. The average Bonchev–Trinajstić information content (AvgIpc) is 2.89. The van der Waals surface area contributed by atoms with Crippen LogP contribution < -0.4 is 10.6 Å². The lowest BCUT2D eigenvalue weighted by atomic mass is 10.1. The number of carboxylic acids is 1. The SMILES string of the molecule is O=C(NCc1cccc(C(=O)O)c1)NC1CC=CC1. The van der Waals surface area contributed by atoms with Crippen LogP contribution in [-0.2, 0) is 6.54 Å². The van der Waals surface area contributed by atoms with Gasteiger partial charge in [-0.3, -0.25) is 0 Å². The number of carboxylic acid groups (broad SMARTS) is 1. The summed E-state index contributed by atoms with van der Waals surface area (Å²) in [5.41, 5.74) is 0.985. The molecule has 5 nitrogen and oxygen atoms in total. The van der Waals surface area contributed by atoms with Crippen LogP contribution in [0.25, 0.3) is 0 Å². The van der Waals surface area contributed by atoms with E-state index in [2.05, 4.69) is 10.6 Å². The summed E-state index contributed by atoms with van der Waals surface area (Å²) in [7, 11) is 0. The summed E-state index contributed by atoms with van der Waals surface area (Å²) >= 11 is 0. The number of carbonyl (C=O) groups excluding carboxylic acids is 1. The van der Waals surface area contributed by atoms with E-state index < -0.39 is 5.97 Å². The Morgan fingerprint density at radius 1 is 1.26 bits per heavy atom. The van der Waals surface area contributed by atoms with E-state index in [4.69, 9.17) is 5.11 Å². The minimum atomic E-state index is -0.969. The molecule has 0 saturated heterocycles. The number of aromatic carboxylic acids is 1. The van der Waals surface area contributed by atoms with Gasteiger partial charge in [0.1, 0.15) is 0 Å². The Labute approximate surface area is 111 Å². The molecule has 0 unspecified atom stereocenters. The highest BCUT2D eigenvalue weighted by Gasteiger charge is 2.12. The first-order valence-corrected chi connectivity index (χ1v) is 6.17. The summed E-state index contributed by atoms with van der Waals surface area (Å²) in [6, 6.07) is 6.47. The molecular formula is C14H16N2O3. The molecule has 3 N–H and O–H groups in total. The van der Waals surface area contributed by atoms with Crippen molar-refractivity contribution < 1.29 is 14.7 Å². The van der Waals surface area contributed by atoms with Gasteiger partial charge in [0.15, 0.2) is 0 Å². The molecule has 2 amide bonds. The Morgan fingerprint density at radius 3 is 2.68 bits per heavy atom. The van der Waals surface area contributed by atoms with Crippen LogP contribution in [0.15, 0.2) is 36.4 Å². The second kappa shape index (κ2) is 6.04. The molecule has 100 valence electrons. The number of hydrogen-bond acceptors (Lipinski definition) is 2. The molecule has 0 fully saturated rings. The minimum Gasteiger partial charge on any atom is -0.478 e. The number of urea groups is 1. The van der Waals surface area contributed by atoms with Gasteiger partial charge in [0, 0.05) is 12.6 Å². The normalized spacial score (nSPS) is 14.3. The first-order chi connectivity index (χ1) is 9.15. The van der Waals surface area contributed by atoms with E-state index in [1.807, 2.05) is 12.2 Å². The second-order valence-corrected chi connectivity index (χ2v) is 4.47. The lowest BCUT2D eigenvalue weighted by molar-refractivity contribution is 0.0696. The van der Waals surface area contributed by atoms with E-state index in [0.717, 1.165) is 18.4 Å². The smallest absolute Gasteiger partial charge is 0.335 e. The summed E-state index contributed by atoms with van der Waals surface area (Å²) in [6.07, 6.45) is 5.81. The summed E-state index contributed by atoms with van der Waals surface area (Å²) in [5, 5.41) is 14.4. The molecule has 0 radical (unpaired) electrons. The summed E-state index contributed by atoms with van der Waals surface area (Å²) < 4.78 is 0. The molecule has 0 saturated carbocycles. The van der Waals surface area contributed by atoms with Gasteiger partial charge in [0.2, 0.25) is 0 Å². The van der Waals surface area contributed by atoms with Crippen LogP contribution in [-0.4, -0.2) is 23.1 Å². The molecule has 5 heteroatoms. The fraction of sp³-hybridized carbons (Fsp3) is 0.286. The zero-order chi connectivity index (χ0) is 13.7. The van der Waals surface area contributed by atoms with Crippen LogP contribution in [0.3, 0.4) is 0 Å². The van der Waals surface area contributed by atoms with E-state index in [9.17, 15) is 9.59 Å². The van der Waals surface area contributed by atoms with Crippen molar-refractivity contribution in [3.05, 3.63) is 47.5 Å². The molecule has 0 aromatic heterocycles. The Hall–Kier alpha value is -2.30. The Balaban J connectivity index is 1.82. The number of benzene rings is 1. The van der Waals surface area contributed by atoms with E-state index >= 15 is 0 Å². The standard InChI is InChI=1S/C14H16N2O3/c17-13(18)11-5-3-4-10(8-11)9-15-14(19)16-12-6-1-2-7-12/h1-5,8,12H,6-7,9H2,(H,17,18)(H2,15,16,19). The molecule has 1 aromatic rings. The molecule has 0 bridgehead atoms. The third-order valence-corrected chi connectivity index (χ3v) is 2.97. The Morgan fingerprint density at radius 2 is 2.00 bits per heavy atom. The third kappa shape index (κ3) is 3.84. The van der Waals surface area contributed by atoms with Gasteiger partial charge in [0.25, 0.3) is 0 Å². The van der Waals surface area contributed by atoms with Crippen molar-refractivity contribution in [1.29, 1.82) is 0 Å². The van der Waals surface area contributed by atoms with Gasteiger partial charge in [-0.1, -0.05) is 24.3 Å². The van der Waals surface area contributed by atoms with Crippen LogP contribution in [0.1, 0.15) is 28.8 Å². The molecule has 0 heterocycles. The highest BCUT2D eigenvalue weighted by Crippen LogP contribution is 2.09. The molecule has 0 spiro atoms. The van der Waals surface area contributed by atoms with Crippen LogP contribution >= 0.6 is 0 Å². The quantitative estimate of drug-likeness (QED) is 0.723. The van der Waals surface area contributed by atoms with Crippen molar-refractivity contribution >= 4 is 12.0 Å². The van der Waals surface area contributed by atoms with Gasteiger partial charge in [-0.05, 0) is 30.5 Å². The predicted molar refractivity (Wildman–Crippen MR) is 70.9 cm³/mol. The van der Waals surface area contributed by atoms with Gasteiger partial charge in [0.05, 0.1) is 5.56 Å². The molecule has 0 atom stereocenters. The number of hydrogen-bond donors (Lipinski definition) is 3. The maximum absolute atomic E-state index is 11.6. The molecule has 1 aromatic carbocycles. The lowest BCUT2D eigenvalue weighted by Crippen LogP contribution is -2.40. The highest BCUT2D eigenvalue weighted by atomic mass is 16.4. The van der Waals surface area contributed by atoms with Gasteiger partial charge in [-0.15, -0.1) is 0 Å². The van der Waals surface area contributed by atoms with E-state index in [1.54, 1.807) is 18.2 Å². The van der Waals surface area contributed by atoms with Gasteiger partial charge >= 0.3 is 12.0 Å². The van der Waals surface area contributed by atoms with Crippen molar-refractivity contribution in [3.63, 3.8) is 0 Å². The maximum Gasteiger partial charge on any atom is 0.335 e. The number of rotatable bonds is 4. The molecule has 2 rings (SSSR count). The van der Waals surface area contributed by atoms with Crippen molar-refractivity contribution in [2.75, 3.05) is 0 Å². The van der Waals surface area contributed by atoms with E-state index in [1.165, 1.54) is 6.07 Å². The van der Waals surface area contributed by atoms with Crippen molar-refractivity contribution in [2.45, 2.75) is 25.4 Å². The average molecular weight is 260 g/mol. The van der Waals surface area contributed by atoms with Crippen molar-refractivity contribution in [3.8, 4) is 0 Å². The van der Waals surface area contributed by atoms with Gasteiger partial charge < -0.3 is 15.7 Å². The Bertz CT molecular complexity index is 503. The predicted octanol–water partition coefficient (Wildman–Crippen LogP) is 1.90. The zero-order valence-electron chi connectivity index (χ0n) is 10.4. The summed E-state index contributed by atoms with van der Waals surface area (Å²) in [5.74, 6) is -0.969. The zero-order valence-corrected chi connectivity index (χ0v) is 10.4. The fourth-order valence-electron chi connectivity index (χ4n) is 1.97.